The number of anilines is 1. The molecule has 0 N–H and O–H groups in total. The number of rotatable bonds is 3. The van der Waals surface area contributed by atoms with Crippen LogP contribution in [0.3, 0.4) is 0 Å². The van der Waals surface area contributed by atoms with Crippen LogP contribution in [-0.2, 0) is 14.0 Å². The summed E-state index contributed by atoms with van der Waals surface area (Å²) in [5.41, 5.74) is -2.71. The van der Waals surface area contributed by atoms with Gasteiger partial charge in [0.25, 0.3) is 0 Å². The molecule has 2 fully saturated rings. The SMILES string of the molecule is [2H]c1c([2H])c(N2C([2H])([2H])C([2H])(OC([2H])([2H])[2H])C2([2H])[2H])c([2H])c([2H])c1B1OC(C)(C)C(C)(C)O1. The van der Waals surface area contributed by atoms with Crippen molar-refractivity contribution < 1.29 is 30.5 Å². The maximum Gasteiger partial charge on any atom is 0.494 e. The minimum absolute atomic E-state index is 0.202. The van der Waals surface area contributed by atoms with E-state index in [-0.39, 0.29) is 10.4 Å². The van der Waals surface area contributed by atoms with Crippen LogP contribution in [-0.4, -0.2) is 44.4 Å². The molecule has 0 saturated carbocycles. The van der Waals surface area contributed by atoms with Gasteiger partial charge < -0.3 is 18.9 Å². The molecule has 0 bridgehead atoms. The number of hydrogen-bond acceptors (Lipinski definition) is 4. The predicted molar refractivity (Wildman–Crippen MR) is 85.2 cm³/mol. The molecule has 1 aromatic carbocycles. The second kappa shape index (κ2) is 5.01. The van der Waals surface area contributed by atoms with E-state index in [9.17, 15) is 0 Å². The molecule has 0 amide bonds. The zero-order valence-corrected chi connectivity index (χ0v) is 12.2. The number of ether oxygens (including phenoxy) is 1. The van der Waals surface area contributed by atoms with Crippen LogP contribution in [0.2, 0.25) is 0 Å². The molecule has 0 atom stereocenters. The highest BCUT2D eigenvalue weighted by molar-refractivity contribution is 6.62. The smallest absolute Gasteiger partial charge is 0.399 e. The van der Waals surface area contributed by atoms with E-state index in [0.29, 0.717) is 0 Å². The van der Waals surface area contributed by atoms with Gasteiger partial charge in [0.15, 0.2) is 0 Å². The molecule has 0 spiro atoms. The molecule has 0 radical (unpaired) electrons. The van der Waals surface area contributed by atoms with Gasteiger partial charge >= 0.3 is 7.12 Å². The first-order valence-electron chi connectivity index (χ1n) is 12.5. The van der Waals surface area contributed by atoms with Crippen LogP contribution >= 0.6 is 0 Å². The quantitative estimate of drug-likeness (QED) is 0.797. The third-order valence-electron chi connectivity index (χ3n) is 3.87. The summed E-state index contributed by atoms with van der Waals surface area (Å²) in [6, 6.07) is -2.89. The molecular weight excluding hydrogens is 265 g/mol. The highest BCUT2D eigenvalue weighted by atomic mass is 16.7. The van der Waals surface area contributed by atoms with Gasteiger partial charge in [0, 0.05) is 25.7 Å². The molecule has 0 aliphatic carbocycles. The fourth-order valence-corrected chi connectivity index (χ4v) is 1.87. The van der Waals surface area contributed by atoms with Crippen molar-refractivity contribution in [1.82, 2.24) is 0 Å². The van der Waals surface area contributed by atoms with Crippen molar-refractivity contribution in [1.29, 1.82) is 0 Å². The van der Waals surface area contributed by atoms with Gasteiger partial charge in [-0.25, -0.2) is 0 Å². The first kappa shape index (κ1) is 6.22. The van der Waals surface area contributed by atoms with Crippen molar-refractivity contribution in [2.45, 2.75) is 45.0 Å². The zero-order chi connectivity index (χ0) is 25.7. The Morgan fingerprint density at radius 3 is 2.38 bits per heavy atom. The number of nitrogens with zero attached hydrogens (tertiary/aromatic N) is 1. The van der Waals surface area contributed by atoms with Crippen molar-refractivity contribution in [2.75, 3.05) is 24.9 Å². The lowest BCUT2D eigenvalue weighted by Crippen LogP contribution is -2.52. The first-order chi connectivity index (χ1) is 14.5. The van der Waals surface area contributed by atoms with E-state index in [1.54, 1.807) is 27.7 Å². The summed E-state index contributed by atoms with van der Waals surface area (Å²) in [5, 5.41) is 0. The summed E-state index contributed by atoms with van der Waals surface area (Å²) in [4.78, 5) is 0.202. The maximum absolute atomic E-state index is 8.40. The minimum atomic E-state index is -3.30. The summed E-state index contributed by atoms with van der Waals surface area (Å²) in [5.74, 6) is 0. The lowest BCUT2D eigenvalue weighted by molar-refractivity contribution is 0.00578. The van der Waals surface area contributed by atoms with Crippen LogP contribution in [0.5, 0.6) is 0 Å². The summed E-state index contributed by atoms with van der Waals surface area (Å²) < 4.78 is 112. The standard InChI is InChI=1S/C16H24BNO3/c1-15(2)16(3,4)21-17(20-15)12-6-8-13(9-7-12)18-10-14(11-18)19-5/h6-9,14H,10-11H2,1-5H3/i5D3,6D,7D,8D,9D,10D2,11D2,14D. The van der Waals surface area contributed by atoms with E-state index < -0.39 is 74.3 Å². The van der Waals surface area contributed by atoms with E-state index in [4.69, 9.17) is 25.8 Å². The van der Waals surface area contributed by atoms with Crippen LogP contribution in [0.1, 0.15) is 44.1 Å². The van der Waals surface area contributed by atoms with E-state index in [1.807, 2.05) is 0 Å². The largest absolute Gasteiger partial charge is 0.494 e. The molecule has 0 aromatic heterocycles. The third-order valence-corrected chi connectivity index (χ3v) is 3.87. The fraction of sp³-hybridized carbons (Fsp3) is 0.625. The Bertz CT molecular complexity index is 935. The van der Waals surface area contributed by atoms with Crippen LogP contribution in [0.25, 0.3) is 0 Å². The molecule has 2 heterocycles. The first-order valence-corrected chi connectivity index (χ1v) is 6.50. The Labute approximate surface area is 144 Å². The lowest BCUT2D eigenvalue weighted by Gasteiger charge is -2.40. The predicted octanol–water partition coefficient (Wildman–Crippen LogP) is 1.82. The zero-order valence-electron chi connectivity index (χ0n) is 24.2. The molecular formula is C16H24BNO3. The molecule has 2 aliphatic heterocycles. The van der Waals surface area contributed by atoms with Crippen molar-refractivity contribution in [3.8, 4) is 0 Å². The second-order valence-corrected chi connectivity index (χ2v) is 5.84. The maximum atomic E-state index is 8.40. The average molecular weight is 301 g/mol. The highest BCUT2D eigenvalue weighted by Gasteiger charge is 2.51. The van der Waals surface area contributed by atoms with Crippen LogP contribution in [0, 0.1) is 0 Å². The summed E-state index contributed by atoms with van der Waals surface area (Å²) in [6.07, 6.45) is -3.24. The van der Waals surface area contributed by atoms with Crippen molar-refractivity contribution in [3.63, 3.8) is 0 Å². The van der Waals surface area contributed by atoms with Gasteiger partial charge in [0.1, 0.15) is 0 Å². The summed E-state index contributed by atoms with van der Waals surface area (Å²) in [6.45, 7) is 0.640. The summed E-state index contributed by atoms with van der Waals surface area (Å²) in [7, 11) is -4.57. The molecule has 1 aromatic rings. The van der Waals surface area contributed by atoms with Crippen molar-refractivity contribution in [3.05, 3.63) is 24.2 Å². The fourth-order valence-electron chi connectivity index (χ4n) is 1.87. The van der Waals surface area contributed by atoms with Gasteiger partial charge in [0.05, 0.1) is 33.7 Å². The molecule has 2 aliphatic rings. The van der Waals surface area contributed by atoms with Crippen LogP contribution in [0.4, 0.5) is 5.69 Å². The van der Waals surface area contributed by atoms with Gasteiger partial charge in [0.2, 0.25) is 0 Å². The Balaban J connectivity index is 2.14. The van der Waals surface area contributed by atoms with Gasteiger partial charge in [-0.2, -0.15) is 0 Å². The lowest BCUT2D eigenvalue weighted by atomic mass is 9.79. The van der Waals surface area contributed by atoms with Crippen LogP contribution < -0.4 is 10.4 Å². The van der Waals surface area contributed by atoms with Gasteiger partial charge in [-0.05, 0) is 45.2 Å². The molecule has 0 unspecified atom stereocenters. The Hall–Kier alpha value is -1.04. The minimum Gasteiger partial charge on any atom is -0.399 e. The normalized spacial score (nSPS) is 39.4. The Morgan fingerprint density at radius 2 is 1.86 bits per heavy atom. The molecule has 4 nitrogen and oxygen atoms in total. The van der Waals surface area contributed by atoms with Crippen LogP contribution in [0.15, 0.2) is 24.2 Å². The monoisotopic (exact) mass is 301 g/mol. The average Bonchev–Trinajstić information content (AvgIpc) is 2.81. The molecule has 3 rings (SSSR count). The van der Waals surface area contributed by atoms with E-state index in [1.165, 1.54) is 0 Å². The number of hydrogen-bond donors (Lipinski definition) is 0. The summed E-state index contributed by atoms with van der Waals surface area (Å²) >= 11 is 0. The molecule has 2 saturated heterocycles. The topological polar surface area (TPSA) is 30.9 Å². The van der Waals surface area contributed by atoms with Gasteiger partial charge in [-0.3, -0.25) is 0 Å². The van der Waals surface area contributed by atoms with Crippen molar-refractivity contribution >= 4 is 18.3 Å². The number of benzene rings is 1. The van der Waals surface area contributed by atoms with Gasteiger partial charge in [-0.1, -0.05) is 12.1 Å². The Kier molecular flexibility index (Phi) is 1.48. The van der Waals surface area contributed by atoms with Gasteiger partial charge in [-0.15, -0.1) is 0 Å². The second-order valence-electron chi connectivity index (χ2n) is 5.84. The third kappa shape index (κ3) is 2.58. The van der Waals surface area contributed by atoms with E-state index in [2.05, 4.69) is 4.74 Å². The van der Waals surface area contributed by atoms with E-state index in [0.717, 1.165) is 0 Å². The Morgan fingerprint density at radius 1 is 1.29 bits per heavy atom. The molecule has 5 heteroatoms. The molecule has 21 heavy (non-hydrogen) atoms. The van der Waals surface area contributed by atoms with Crippen molar-refractivity contribution in [2.24, 2.45) is 0 Å². The highest BCUT2D eigenvalue weighted by Crippen LogP contribution is 2.36. The molecule has 114 valence electrons. The number of methoxy groups -OCH3 is 1. The van der Waals surface area contributed by atoms with E-state index >= 15 is 0 Å².